The van der Waals surface area contributed by atoms with E-state index in [4.69, 9.17) is 4.74 Å². The summed E-state index contributed by atoms with van der Waals surface area (Å²) in [6, 6.07) is 5.85. The van der Waals surface area contributed by atoms with Crippen molar-refractivity contribution in [1.29, 1.82) is 0 Å². The van der Waals surface area contributed by atoms with Crippen LogP contribution in [0.3, 0.4) is 0 Å². The van der Waals surface area contributed by atoms with Gasteiger partial charge in [0.2, 0.25) is 0 Å². The molecule has 4 nitrogen and oxygen atoms in total. The topological polar surface area (TPSA) is 55.4 Å². The standard InChI is InChI=1S/C13H9F2NO3S/c14-8-4-9(15)6-10(5-8)16-12(17)7-19-13(18)11-2-1-3-20-11/h1-6H,7H2,(H,16,17). The first-order valence-corrected chi connectivity index (χ1v) is 6.39. The number of thiophene rings is 1. The molecule has 7 heteroatoms. The first-order chi connectivity index (χ1) is 9.54. The highest BCUT2D eigenvalue weighted by Gasteiger charge is 2.11. The van der Waals surface area contributed by atoms with Crippen LogP contribution in [0.4, 0.5) is 14.5 Å². The van der Waals surface area contributed by atoms with Crippen molar-refractivity contribution in [2.24, 2.45) is 0 Å². The van der Waals surface area contributed by atoms with Crippen molar-refractivity contribution in [3.05, 3.63) is 52.2 Å². The van der Waals surface area contributed by atoms with Crippen molar-refractivity contribution in [1.82, 2.24) is 0 Å². The predicted octanol–water partition coefficient (Wildman–Crippen LogP) is 2.82. The minimum Gasteiger partial charge on any atom is -0.451 e. The summed E-state index contributed by atoms with van der Waals surface area (Å²) in [4.78, 5) is 23.3. The molecule has 1 aromatic carbocycles. The highest BCUT2D eigenvalue weighted by atomic mass is 32.1. The van der Waals surface area contributed by atoms with Gasteiger partial charge in [-0.2, -0.15) is 0 Å². The minimum absolute atomic E-state index is 0.0420. The lowest BCUT2D eigenvalue weighted by Crippen LogP contribution is -2.20. The van der Waals surface area contributed by atoms with Crippen LogP contribution in [-0.2, 0) is 9.53 Å². The minimum atomic E-state index is -0.809. The molecule has 0 saturated carbocycles. The molecule has 20 heavy (non-hydrogen) atoms. The second-order valence-corrected chi connectivity index (χ2v) is 4.71. The molecule has 0 fully saturated rings. The molecule has 0 saturated heterocycles. The average molecular weight is 297 g/mol. The zero-order valence-corrected chi connectivity index (χ0v) is 10.9. The Hall–Kier alpha value is -2.28. The molecule has 0 unspecified atom stereocenters. The second kappa shape index (κ2) is 6.25. The maximum atomic E-state index is 12.9. The van der Waals surface area contributed by atoms with Crippen molar-refractivity contribution in [3.8, 4) is 0 Å². The van der Waals surface area contributed by atoms with Crippen molar-refractivity contribution < 1.29 is 23.1 Å². The first-order valence-electron chi connectivity index (χ1n) is 5.51. The van der Waals surface area contributed by atoms with Crippen molar-refractivity contribution >= 4 is 28.9 Å². The van der Waals surface area contributed by atoms with Crippen molar-refractivity contribution in [3.63, 3.8) is 0 Å². The lowest BCUT2D eigenvalue weighted by molar-refractivity contribution is -0.119. The monoisotopic (exact) mass is 297 g/mol. The molecule has 1 heterocycles. The lowest BCUT2D eigenvalue weighted by Gasteiger charge is -2.06. The number of carbonyl (C=O) groups excluding carboxylic acids is 2. The number of benzene rings is 1. The smallest absolute Gasteiger partial charge is 0.348 e. The van der Waals surface area contributed by atoms with Crippen LogP contribution < -0.4 is 5.32 Å². The molecule has 0 bridgehead atoms. The Balaban J connectivity index is 1.88. The van der Waals surface area contributed by atoms with E-state index >= 15 is 0 Å². The maximum Gasteiger partial charge on any atom is 0.348 e. The number of hydrogen-bond donors (Lipinski definition) is 1. The summed E-state index contributed by atoms with van der Waals surface area (Å²) in [6.07, 6.45) is 0. The third-order valence-electron chi connectivity index (χ3n) is 2.20. The van der Waals surface area contributed by atoms with Crippen LogP contribution in [0.25, 0.3) is 0 Å². The molecule has 2 rings (SSSR count). The van der Waals surface area contributed by atoms with E-state index < -0.39 is 30.1 Å². The molecule has 0 atom stereocenters. The number of halogens is 2. The van der Waals surface area contributed by atoms with E-state index in [-0.39, 0.29) is 5.69 Å². The molecule has 0 spiro atoms. The molecule has 0 aliphatic heterocycles. The van der Waals surface area contributed by atoms with Gasteiger partial charge in [0, 0.05) is 11.8 Å². The van der Waals surface area contributed by atoms with Gasteiger partial charge in [0.05, 0.1) is 0 Å². The van der Waals surface area contributed by atoms with Crippen molar-refractivity contribution in [2.75, 3.05) is 11.9 Å². The Morgan fingerprint density at radius 1 is 1.20 bits per heavy atom. The lowest BCUT2D eigenvalue weighted by atomic mass is 10.3. The Kier molecular flexibility index (Phi) is 4.41. The van der Waals surface area contributed by atoms with Gasteiger partial charge >= 0.3 is 5.97 Å². The third kappa shape index (κ3) is 3.86. The summed E-state index contributed by atoms with van der Waals surface area (Å²) in [5, 5.41) is 3.93. The van der Waals surface area contributed by atoms with Crippen LogP contribution in [0.2, 0.25) is 0 Å². The molecule has 0 radical (unpaired) electrons. The Bertz CT molecular complexity index is 608. The van der Waals surface area contributed by atoms with E-state index in [1.54, 1.807) is 17.5 Å². The zero-order valence-electron chi connectivity index (χ0n) is 10.1. The van der Waals surface area contributed by atoms with E-state index in [0.717, 1.165) is 12.1 Å². The number of amides is 1. The van der Waals surface area contributed by atoms with Crippen LogP contribution in [-0.4, -0.2) is 18.5 Å². The number of nitrogens with one attached hydrogen (secondary N) is 1. The van der Waals surface area contributed by atoms with Gasteiger partial charge in [-0.1, -0.05) is 6.07 Å². The summed E-state index contributed by atoms with van der Waals surface area (Å²) < 4.78 is 30.6. The molecular formula is C13H9F2NO3S. The van der Waals surface area contributed by atoms with Crippen molar-refractivity contribution in [2.45, 2.75) is 0 Å². The van der Waals surface area contributed by atoms with Crippen LogP contribution in [0.15, 0.2) is 35.7 Å². The van der Waals surface area contributed by atoms with Gasteiger partial charge in [-0.25, -0.2) is 13.6 Å². The number of carbonyl (C=O) groups is 2. The van der Waals surface area contributed by atoms with E-state index in [9.17, 15) is 18.4 Å². The highest BCUT2D eigenvalue weighted by Crippen LogP contribution is 2.13. The number of rotatable bonds is 4. The fourth-order valence-electron chi connectivity index (χ4n) is 1.42. The summed E-state index contributed by atoms with van der Waals surface area (Å²) in [5.41, 5.74) is -0.0420. The molecule has 1 N–H and O–H groups in total. The van der Waals surface area contributed by atoms with Crippen LogP contribution >= 0.6 is 11.3 Å². The highest BCUT2D eigenvalue weighted by molar-refractivity contribution is 7.11. The fraction of sp³-hybridized carbons (Fsp3) is 0.0769. The zero-order chi connectivity index (χ0) is 14.5. The molecular weight excluding hydrogens is 288 g/mol. The van der Waals surface area contributed by atoms with Gasteiger partial charge in [0.25, 0.3) is 5.91 Å². The predicted molar refractivity (Wildman–Crippen MR) is 69.6 cm³/mol. The van der Waals surface area contributed by atoms with Gasteiger partial charge < -0.3 is 10.1 Å². The largest absolute Gasteiger partial charge is 0.451 e. The first kappa shape index (κ1) is 14.1. The van der Waals surface area contributed by atoms with E-state index in [1.165, 1.54) is 11.3 Å². The van der Waals surface area contributed by atoms with Crippen LogP contribution in [0, 0.1) is 11.6 Å². The third-order valence-corrected chi connectivity index (χ3v) is 3.05. The van der Waals surface area contributed by atoms with E-state index in [1.807, 2.05) is 0 Å². The summed E-state index contributed by atoms with van der Waals surface area (Å²) in [5.74, 6) is -2.92. The molecule has 1 amide bonds. The van der Waals surface area contributed by atoms with Crippen LogP contribution in [0.1, 0.15) is 9.67 Å². The Labute approximate surface area is 117 Å². The van der Waals surface area contributed by atoms with Crippen LogP contribution in [0.5, 0.6) is 0 Å². The molecule has 104 valence electrons. The average Bonchev–Trinajstić information content (AvgIpc) is 2.88. The van der Waals surface area contributed by atoms with Gasteiger partial charge in [-0.3, -0.25) is 4.79 Å². The second-order valence-electron chi connectivity index (χ2n) is 3.76. The molecule has 2 aromatic rings. The summed E-state index contributed by atoms with van der Waals surface area (Å²) in [6.45, 7) is -0.533. The summed E-state index contributed by atoms with van der Waals surface area (Å²) >= 11 is 1.19. The van der Waals surface area contributed by atoms with Gasteiger partial charge in [0.1, 0.15) is 16.5 Å². The maximum absolute atomic E-state index is 12.9. The Morgan fingerprint density at radius 2 is 1.90 bits per heavy atom. The number of hydrogen-bond acceptors (Lipinski definition) is 4. The normalized spacial score (nSPS) is 10.1. The number of esters is 1. The Morgan fingerprint density at radius 3 is 2.50 bits per heavy atom. The molecule has 0 aliphatic rings. The van der Waals surface area contributed by atoms with E-state index in [0.29, 0.717) is 10.9 Å². The van der Waals surface area contributed by atoms with Gasteiger partial charge in [0.15, 0.2) is 6.61 Å². The van der Waals surface area contributed by atoms with Gasteiger partial charge in [-0.15, -0.1) is 11.3 Å². The molecule has 0 aliphatic carbocycles. The SMILES string of the molecule is O=C(COC(=O)c1cccs1)Nc1cc(F)cc(F)c1. The number of anilines is 1. The summed E-state index contributed by atoms with van der Waals surface area (Å²) in [7, 11) is 0. The quantitative estimate of drug-likeness (QED) is 0.883. The molecule has 1 aromatic heterocycles. The van der Waals surface area contributed by atoms with E-state index in [2.05, 4.69) is 5.32 Å². The fourth-order valence-corrected chi connectivity index (χ4v) is 2.04. The van der Waals surface area contributed by atoms with Gasteiger partial charge in [-0.05, 0) is 23.6 Å². The number of ether oxygens (including phenoxy) is 1.